The van der Waals surface area contributed by atoms with Crippen LogP contribution in [0.5, 0.6) is 0 Å². The minimum absolute atomic E-state index is 0.628. The van der Waals surface area contributed by atoms with E-state index in [-0.39, 0.29) is 0 Å². The number of hydrogen-bond donors (Lipinski definition) is 1. The summed E-state index contributed by atoms with van der Waals surface area (Å²) in [6.45, 7) is 2.10. The largest absolute Gasteiger partial charge is 0.384 e. The summed E-state index contributed by atoms with van der Waals surface area (Å²) in [6, 6.07) is 0. The molecule has 1 rings (SSSR count). The van der Waals surface area contributed by atoms with E-state index in [0.29, 0.717) is 5.82 Å². The lowest BCUT2D eigenvalue weighted by atomic mass is 10.1. The standard InChI is InChI=1S/C8H12N2/c1-7-3-2-4-8(9)10-6-5-7/h4-6H,2-3,9H2,1H3/b7-5-,8-4+,10-6-. The minimum Gasteiger partial charge on any atom is -0.384 e. The predicted molar refractivity (Wildman–Crippen MR) is 43.8 cm³/mol. The second-order valence-electron chi connectivity index (χ2n) is 2.46. The molecule has 1 heterocycles. The van der Waals surface area contributed by atoms with Crippen molar-refractivity contribution in [1.82, 2.24) is 0 Å². The number of allylic oxidation sites excluding steroid dienone is 3. The highest BCUT2D eigenvalue weighted by molar-refractivity contribution is 5.73. The van der Waals surface area contributed by atoms with Gasteiger partial charge in [-0.05, 0) is 31.9 Å². The van der Waals surface area contributed by atoms with E-state index in [1.807, 2.05) is 12.2 Å². The lowest BCUT2D eigenvalue weighted by Gasteiger charge is -1.99. The lowest BCUT2D eigenvalue weighted by molar-refractivity contribution is 0.958. The highest BCUT2D eigenvalue weighted by Crippen LogP contribution is 2.06. The van der Waals surface area contributed by atoms with Crippen molar-refractivity contribution < 1.29 is 0 Å². The second-order valence-corrected chi connectivity index (χ2v) is 2.46. The van der Waals surface area contributed by atoms with Crippen molar-refractivity contribution >= 4 is 6.21 Å². The zero-order chi connectivity index (χ0) is 7.40. The van der Waals surface area contributed by atoms with Crippen molar-refractivity contribution in [3.05, 3.63) is 23.5 Å². The molecule has 0 aromatic carbocycles. The number of hydrogen-bond acceptors (Lipinski definition) is 2. The van der Waals surface area contributed by atoms with Crippen LogP contribution in [-0.4, -0.2) is 6.21 Å². The Balaban J connectivity index is 2.70. The summed E-state index contributed by atoms with van der Waals surface area (Å²) in [7, 11) is 0. The topological polar surface area (TPSA) is 38.4 Å². The Hall–Kier alpha value is -1.05. The average molecular weight is 136 g/mol. The first-order chi connectivity index (χ1) is 4.79. The van der Waals surface area contributed by atoms with E-state index in [0.717, 1.165) is 12.8 Å². The molecule has 0 fully saturated rings. The van der Waals surface area contributed by atoms with Gasteiger partial charge in [-0.15, -0.1) is 0 Å². The molecule has 0 unspecified atom stereocenters. The summed E-state index contributed by atoms with van der Waals surface area (Å²) in [4.78, 5) is 3.97. The van der Waals surface area contributed by atoms with Crippen LogP contribution in [0.4, 0.5) is 0 Å². The molecule has 0 atom stereocenters. The van der Waals surface area contributed by atoms with Crippen LogP contribution in [0.3, 0.4) is 0 Å². The van der Waals surface area contributed by atoms with Gasteiger partial charge in [-0.1, -0.05) is 5.57 Å². The smallest absolute Gasteiger partial charge is 0.119 e. The first kappa shape index (κ1) is 7.06. The normalized spacial score (nSPS) is 32.5. The van der Waals surface area contributed by atoms with E-state index in [1.165, 1.54) is 5.57 Å². The van der Waals surface area contributed by atoms with Crippen LogP contribution in [0.25, 0.3) is 0 Å². The van der Waals surface area contributed by atoms with Crippen molar-refractivity contribution in [3.63, 3.8) is 0 Å². The molecule has 0 aromatic heterocycles. The Morgan fingerprint density at radius 2 is 2.40 bits per heavy atom. The van der Waals surface area contributed by atoms with Crippen LogP contribution in [0.2, 0.25) is 0 Å². The van der Waals surface area contributed by atoms with Gasteiger partial charge < -0.3 is 5.73 Å². The predicted octanol–water partition coefficient (Wildman–Crippen LogP) is 1.60. The van der Waals surface area contributed by atoms with Gasteiger partial charge in [0.1, 0.15) is 5.82 Å². The molecule has 0 spiro atoms. The number of rotatable bonds is 0. The van der Waals surface area contributed by atoms with E-state index in [1.54, 1.807) is 6.21 Å². The van der Waals surface area contributed by atoms with Crippen LogP contribution < -0.4 is 5.73 Å². The molecular weight excluding hydrogens is 124 g/mol. The van der Waals surface area contributed by atoms with Crippen molar-refractivity contribution in [2.24, 2.45) is 10.7 Å². The molecule has 0 radical (unpaired) electrons. The zero-order valence-corrected chi connectivity index (χ0v) is 6.17. The molecule has 0 bridgehead atoms. The van der Waals surface area contributed by atoms with Gasteiger partial charge in [0.2, 0.25) is 0 Å². The number of aliphatic imine (C=N–C) groups is 1. The van der Waals surface area contributed by atoms with Crippen molar-refractivity contribution in [2.45, 2.75) is 19.8 Å². The molecule has 0 aromatic rings. The van der Waals surface area contributed by atoms with Crippen LogP contribution in [0, 0.1) is 0 Å². The molecule has 2 heteroatoms. The van der Waals surface area contributed by atoms with Gasteiger partial charge in [0.15, 0.2) is 0 Å². The van der Waals surface area contributed by atoms with Gasteiger partial charge in [0.05, 0.1) is 0 Å². The molecular formula is C8H12N2. The third-order valence-corrected chi connectivity index (χ3v) is 1.47. The Morgan fingerprint density at radius 3 is 3.20 bits per heavy atom. The van der Waals surface area contributed by atoms with E-state index >= 15 is 0 Å². The summed E-state index contributed by atoms with van der Waals surface area (Å²) in [5.41, 5.74) is 6.84. The molecule has 0 amide bonds. The Morgan fingerprint density at radius 1 is 1.60 bits per heavy atom. The van der Waals surface area contributed by atoms with Gasteiger partial charge in [0.25, 0.3) is 0 Å². The van der Waals surface area contributed by atoms with Crippen LogP contribution in [-0.2, 0) is 0 Å². The monoisotopic (exact) mass is 136 g/mol. The van der Waals surface area contributed by atoms with Crippen LogP contribution in [0.15, 0.2) is 28.5 Å². The number of nitrogens with zero attached hydrogens (tertiary/aromatic N) is 1. The van der Waals surface area contributed by atoms with Crippen molar-refractivity contribution in [1.29, 1.82) is 0 Å². The fraction of sp³-hybridized carbons (Fsp3) is 0.375. The molecule has 2 nitrogen and oxygen atoms in total. The Bertz CT molecular complexity index is 199. The van der Waals surface area contributed by atoms with Gasteiger partial charge in [0, 0.05) is 6.21 Å². The first-order valence-corrected chi connectivity index (χ1v) is 3.44. The summed E-state index contributed by atoms with van der Waals surface area (Å²) in [5, 5.41) is 0. The molecule has 0 saturated carbocycles. The third kappa shape index (κ3) is 2.05. The third-order valence-electron chi connectivity index (χ3n) is 1.47. The summed E-state index contributed by atoms with van der Waals surface area (Å²) in [6.07, 6.45) is 7.80. The zero-order valence-electron chi connectivity index (χ0n) is 6.17. The summed E-state index contributed by atoms with van der Waals surface area (Å²) < 4.78 is 0. The molecule has 1 aliphatic heterocycles. The quantitative estimate of drug-likeness (QED) is 0.539. The van der Waals surface area contributed by atoms with E-state index in [9.17, 15) is 0 Å². The fourth-order valence-corrected chi connectivity index (χ4v) is 0.834. The van der Waals surface area contributed by atoms with E-state index in [4.69, 9.17) is 5.73 Å². The maximum absolute atomic E-state index is 5.48. The summed E-state index contributed by atoms with van der Waals surface area (Å²) in [5.74, 6) is 0.628. The van der Waals surface area contributed by atoms with Crippen LogP contribution in [0.1, 0.15) is 19.8 Å². The number of nitrogens with two attached hydrogens (primary N) is 1. The maximum Gasteiger partial charge on any atom is 0.119 e. The van der Waals surface area contributed by atoms with Crippen LogP contribution >= 0.6 is 0 Å². The van der Waals surface area contributed by atoms with Crippen molar-refractivity contribution in [3.8, 4) is 0 Å². The molecule has 0 saturated heterocycles. The molecule has 10 heavy (non-hydrogen) atoms. The van der Waals surface area contributed by atoms with E-state index < -0.39 is 0 Å². The van der Waals surface area contributed by atoms with Crippen molar-refractivity contribution in [2.75, 3.05) is 0 Å². The highest BCUT2D eigenvalue weighted by atomic mass is 14.9. The maximum atomic E-state index is 5.48. The van der Waals surface area contributed by atoms with Gasteiger partial charge in [-0.3, -0.25) is 0 Å². The van der Waals surface area contributed by atoms with Gasteiger partial charge in [-0.2, -0.15) is 0 Å². The molecule has 1 aliphatic rings. The SMILES string of the molecule is C/C1=C/C=N\C(N)=C\CC1. The molecule has 54 valence electrons. The highest BCUT2D eigenvalue weighted by Gasteiger charge is 1.91. The average Bonchev–Trinajstić information content (AvgIpc) is 1.84. The second kappa shape index (κ2) is 3.20. The Kier molecular flexibility index (Phi) is 2.26. The van der Waals surface area contributed by atoms with Gasteiger partial charge in [-0.25, -0.2) is 4.99 Å². The lowest BCUT2D eigenvalue weighted by Crippen LogP contribution is -1.95. The summed E-state index contributed by atoms with van der Waals surface area (Å²) >= 11 is 0. The van der Waals surface area contributed by atoms with E-state index in [2.05, 4.69) is 11.9 Å². The minimum atomic E-state index is 0.628. The molecule has 2 N–H and O–H groups in total. The Labute approximate surface area is 61.1 Å². The van der Waals surface area contributed by atoms with Gasteiger partial charge >= 0.3 is 0 Å². The fourth-order valence-electron chi connectivity index (χ4n) is 0.834. The molecule has 0 aliphatic carbocycles. The first-order valence-electron chi connectivity index (χ1n) is 3.44.